The van der Waals surface area contributed by atoms with E-state index in [9.17, 15) is 13.2 Å². The Balaban J connectivity index is 1.80. The number of hydrogen-bond acceptors (Lipinski definition) is 4. The minimum Gasteiger partial charge on any atom is -0.308 e. The summed E-state index contributed by atoms with van der Waals surface area (Å²) in [7, 11) is -3.83. The Kier molecular flexibility index (Phi) is 5.34. The van der Waals surface area contributed by atoms with Crippen molar-refractivity contribution in [1.82, 2.24) is 9.71 Å². The largest absolute Gasteiger partial charge is 0.308 e. The molecule has 7 heteroatoms. The number of anilines is 1. The first-order valence-corrected chi connectivity index (χ1v) is 11.6. The smallest absolute Gasteiger partial charge is 0.258 e. The summed E-state index contributed by atoms with van der Waals surface area (Å²) in [5.41, 5.74) is 2.14. The van der Waals surface area contributed by atoms with Gasteiger partial charge in [0.2, 0.25) is 10.0 Å². The first-order valence-electron chi connectivity index (χ1n) is 10.1. The van der Waals surface area contributed by atoms with Gasteiger partial charge in [-0.1, -0.05) is 32.0 Å². The van der Waals surface area contributed by atoms with Gasteiger partial charge in [-0.25, -0.2) is 13.1 Å². The molecule has 2 aromatic carbocycles. The maximum absolute atomic E-state index is 13.5. The Labute approximate surface area is 177 Å². The molecular formula is C23H25N3O3S. The van der Waals surface area contributed by atoms with E-state index in [2.05, 4.69) is 23.6 Å². The van der Waals surface area contributed by atoms with Gasteiger partial charge in [-0.2, -0.15) is 0 Å². The average molecular weight is 424 g/mol. The van der Waals surface area contributed by atoms with Gasteiger partial charge >= 0.3 is 0 Å². The number of amides is 1. The van der Waals surface area contributed by atoms with Crippen LogP contribution in [0.15, 0.2) is 59.8 Å². The lowest BCUT2D eigenvalue weighted by atomic mass is 9.99. The van der Waals surface area contributed by atoms with E-state index in [1.54, 1.807) is 53.7 Å². The Bertz CT molecular complexity index is 1210. The topological polar surface area (TPSA) is 79.4 Å². The van der Waals surface area contributed by atoms with Crippen LogP contribution in [-0.2, 0) is 10.0 Å². The standard InChI is InChI=1S/C23H25N3O3S/c1-4-26-20-10-11-21(17-8-5-9-18(22(17)20)23(26)27)30(28,29)25-19(13-15(2)3)16-7-6-12-24-14-16/h5-12,14-15,19,25H,4,13H2,1-3H3. The summed E-state index contributed by atoms with van der Waals surface area (Å²) in [6.07, 6.45) is 4.01. The maximum Gasteiger partial charge on any atom is 0.258 e. The van der Waals surface area contributed by atoms with Crippen LogP contribution in [0.1, 0.15) is 49.2 Å². The van der Waals surface area contributed by atoms with Crippen LogP contribution in [-0.4, -0.2) is 25.9 Å². The molecular weight excluding hydrogens is 398 g/mol. The third-order valence-electron chi connectivity index (χ3n) is 5.44. The van der Waals surface area contributed by atoms with Crippen molar-refractivity contribution < 1.29 is 13.2 Å². The number of aromatic nitrogens is 1. The zero-order chi connectivity index (χ0) is 21.5. The number of nitrogens with zero attached hydrogens (tertiary/aromatic N) is 2. The van der Waals surface area contributed by atoms with Crippen LogP contribution in [0.4, 0.5) is 5.69 Å². The van der Waals surface area contributed by atoms with E-state index in [-0.39, 0.29) is 16.8 Å². The fraction of sp³-hybridized carbons (Fsp3) is 0.304. The normalized spacial score (nSPS) is 14.7. The molecule has 1 aliphatic rings. The summed E-state index contributed by atoms with van der Waals surface area (Å²) in [6, 6.07) is 11.9. The molecule has 6 nitrogen and oxygen atoms in total. The first kappa shape index (κ1) is 20.5. The van der Waals surface area contributed by atoms with Crippen molar-refractivity contribution in [3.8, 4) is 0 Å². The van der Waals surface area contributed by atoms with Crippen LogP contribution in [0.2, 0.25) is 0 Å². The zero-order valence-electron chi connectivity index (χ0n) is 17.3. The number of pyridine rings is 1. The predicted molar refractivity (Wildman–Crippen MR) is 118 cm³/mol. The van der Waals surface area contributed by atoms with Gasteiger partial charge in [0.15, 0.2) is 0 Å². The van der Waals surface area contributed by atoms with Crippen molar-refractivity contribution in [1.29, 1.82) is 0 Å². The van der Waals surface area contributed by atoms with Crippen molar-refractivity contribution in [2.24, 2.45) is 5.92 Å². The second-order valence-corrected chi connectivity index (χ2v) is 9.63. The highest BCUT2D eigenvalue weighted by atomic mass is 32.2. The Morgan fingerprint density at radius 2 is 1.90 bits per heavy atom. The van der Waals surface area contributed by atoms with E-state index in [0.29, 0.717) is 35.2 Å². The third kappa shape index (κ3) is 3.48. The number of rotatable bonds is 7. The van der Waals surface area contributed by atoms with Crippen LogP contribution in [0.3, 0.4) is 0 Å². The molecule has 1 aliphatic heterocycles. The van der Waals surface area contributed by atoms with E-state index < -0.39 is 10.0 Å². The highest BCUT2D eigenvalue weighted by molar-refractivity contribution is 7.89. The average Bonchev–Trinajstić information content (AvgIpc) is 3.00. The van der Waals surface area contributed by atoms with Gasteiger partial charge in [-0.3, -0.25) is 9.78 Å². The molecule has 0 radical (unpaired) electrons. The van der Waals surface area contributed by atoms with Gasteiger partial charge in [0.05, 0.1) is 10.6 Å². The van der Waals surface area contributed by atoms with Gasteiger partial charge in [0.25, 0.3) is 5.91 Å². The number of carbonyl (C=O) groups is 1. The maximum atomic E-state index is 13.5. The number of sulfonamides is 1. The molecule has 1 unspecified atom stereocenters. The van der Waals surface area contributed by atoms with Crippen molar-refractivity contribution in [3.05, 3.63) is 66.0 Å². The first-order chi connectivity index (χ1) is 14.3. The third-order valence-corrected chi connectivity index (χ3v) is 6.97. The van der Waals surface area contributed by atoms with E-state index in [1.807, 2.05) is 13.0 Å². The number of nitrogens with one attached hydrogen (secondary N) is 1. The van der Waals surface area contributed by atoms with E-state index in [4.69, 9.17) is 0 Å². The number of carbonyl (C=O) groups excluding carboxylic acids is 1. The van der Waals surface area contributed by atoms with Gasteiger partial charge in [-0.05, 0) is 49.1 Å². The lowest BCUT2D eigenvalue weighted by molar-refractivity contribution is 0.0994. The molecule has 0 bridgehead atoms. The molecule has 1 aromatic heterocycles. The molecule has 2 heterocycles. The van der Waals surface area contributed by atoms with Crippen LogP contribution in [0, 0.1) is 5.92 Å². The fourth-order valence-corrected chi connectivity index (χ4v) is 5.56. The van der Waals surface area contributed by atoms with Gasteiger partial charge in [0.1, 0.15) is 0 Å². The minimum atomic E-state index is -3.83. The van der Waals surface area contributed by atoms with Crippen molar-refractivity contribution >= 4 is 32.4 Å². The molecule has 30 heavy (non-hydrogen) atoms. The summed E-state index contributed by atoms with van der Waals surface area (Å²) in [5, 5.41) is 1.27. The zero-order valence-corrected chi connectivity index (χ0v) is 18.1. The SMILES string of the molecule is CCN1C(=O)c2cccc3c(S(=O)(=O)NC(CC(C)C)c4cccnc4)ccc1c23. The summed E-state index contributed by atoms with van der Waals surface area (Å²) in [5.74, 6) is 0.204. The number of benzene rings is 2. The van der Waals surface area contributed by atoms with Crippen LogP contribution in [0.5, 0.6) is 0 Å². The lowest BCUT2D eigenvalue weighted by Crippen LogP contribution is -2.30. The highest BCUT2D eigenvalue weighted by Crippen LogP contribution is 2.40. The van der Waals surface area contributed by atoms with Gasteiger partial charge < -0.3 is 4.90 Å². The quantitative estimate of drug-likeness (QED) is 0.615. The Hall–Kier alpha value is -2.77. The molecule has 1 amide bonds. The molecule has 0 saturated heterocycles. The lowest BCUT2D eigenvalue weighted by Gasteiger charge is -2.21. The molecule has 0 fully saturated rings. The predicted octanol–water partition coefficient (Wildman–Crippen LogP) is 4.28. The molecule has 0 saturated carbocycles. The van der Waals surface area contributed by atoms with E-state index in [1.165, 1.54) is 0 Å². The summed E-state index contributed by atoms with van der Waals surface area (Å²) < 4.78 is 29.8. The van der Waals surface area contributed by atoms with Gasteiger partial charge in [-0.15, -0.1) is 0 Å². The van der Waals surface area contributed by atoms with Crippen LogP contribution >= 0.6 is 0 Å². The Morgan fingerprint density at radius 3 is 2.57 bits per heavy atom. The fourth-order valence-electron chi connectivity index (χ4n) is 4.12. The van der Waals surface area contributed by atoms with E-state index in [0.717, 1.165) is 11.3 Å². The Morgan fingerprint density at radius 1 is 1.10 bits per heavy atom. The summed E-state index contributed by atoms with van der Waals surface area (Å²) in [6.45, 7) is 6.56. The monoisotopic (exact) mass is 423 g/mol. The summed E-state index contributed by atoms with van der Waals surface area (Å²) in [4.78, 5) is 18.7. The van der Waals surface area contributed by atoms with Crippen molar-refractivity contribution in [3.63, 3.8) is 0 Å². The highest BCUT2D eigenvalue weighted by Gasteiger charge is 2.32. The van der Waals surface area contributed by atoms with Crippen LogP contribution < -0.4 is 9.62 Å². The second-order valence-electron chi connectivity index (χ2n) is 7.95. The van der Waals surface area contributed by atoms with Crippen LogP contribution in [0.25, 0.3) is 10.8 Å². The summed E-state index contributed by atoms with van der Waals surface area (Å²) >= 11 is 0. The van der Waals surface area contributed by atoms with E-state index >= 15 is 0 Å². The van der Waals surface area contributed by atoms with Crippen molar-refractivity contribution in [2.45, 2.75) is 38.1 Å². The molecule has 1 atom stereocenters. The molecule has 4 rings (SSSR count). The molecule has 0 aliphatic carbocycles. The molecule has 1 N–H and O–H groups in total. The molecule has 3 aromatic rings. The minimum absolute atomic E-state index is 0.0892. The van der Waals surface area contributed by atoms with Crippen molar-refractivity contribution in [2.75, 3.05) is 11.4 Å². The second kappa shape index (κ2) is 7.81. The molecule has 0 spiro atoms. The number of hydrogen-bond donors (Lipinski definition) is 1. The van der Waals surface area contributed by atoms with Gasteiger partial charge in [0, 0.05) is 41.3 Å². The molecule has 156 valence electrons.